The van der Waals surface area contributed by atoms with Crippen LogP contribution in [0.4, 0.5) is 11.7 Å². The quantitative estimate of drug-likeness (QED) is 0.760. The van der Waals surface area contributed by atoms with Gasteiger partial charge in [-0.1, -0.05) is 0 Å². The van der Waals surface area contributed by atoms with Crippen molar-refractivity contribution in [3.8, 4) is 0 Å². The summed E-state index contributed by atoms with van der Waals surface area (Å²) < 4.78 is 38.4. The van der Waals surface area contributed by atoms with E-state index in [-0.39, 0.29) is 11.8 Å². The fourth-order valence-corrected chi connectivity index (χ4v) is 1.71. The number of carboxylic acid groups (broad SMARTS) is 1. The maximum absolute atomic E-state index is 12.8. The van der Waals surface area contributed by atoms with Crippen molar-refractivity contribution in [2.45, 2.75) is 4.90 Å². The molecule has 1 aromatic rings. The van der Waals surface area contributed by atoms with E-state index in [4.69, 9.17) is 5.11 Å². The molecule has 0 fully saturated rings. The molecule has 0 bridgehead atoms. The van der Waals surface area contributed by atoms with Gasteiger partial charge in [0.15, 0.2) is 0 Å². The molecule has 1 N–H and O–H groups in total. The van der Waals surface area contributed by atoms with Crippen LogP contribution in [0.25, 0.3) is 0 Å². The molecule has 0 atom stereocenters. The molecule has 1 aromatic carbocycles. The monoisotopic (exact) mass is 226 g/mol. The third kappa shape index (κ3) is 2.41. The predicted molar refractivity (Wildman–Crippen MR) is 49.9 cm³/mol. The SMILES string of the molecule is C[SH](F)(F)(F)c1ccc(C(=O)O)cc1. The lowest BCUT2D eigenvalue weighted by Crippen LogP contribution is -1.99. The zero-order valence-corrected chi connectivity index (χ0v) is 8.14. The van der Waals surface area contributed by atoms with Crippen LogP contribution < -0.4 is 0 Å². The standard InChI is InChI=1S/C8H9F3O2S/c1-14(9,10,11)7-4-2-6(3-5-7)8(12)13/h2-5,14H,1H3,(H,12,13). The van der Waals surface area contributed by atoms with E-state index in [9.17, 15) is 16.5 Å². The van der Waals surface area contributed by atoms with Gasteiger partial charge in [0.05, 0.1) is 15.9 Å². The summed E-state index contributed by atoms with van der Waals surface area (Å²) in [4.78, 5) is 9.64. The maximum Gasteiger partial charge on any atom is 0.335 e. The Morgan fingerprint density at radius 1 is 1.21 bits per heavy atom. The molecule has 0 radical (unpaired) electrons. The van der Waals surface area contributed by atoms with Crippen LogP contribution in [0.2, 0.25) is 0 Å². The Morgan fingerprint density at radius 2 is 1.64 bits per heavy atom. The number of halogens is 3. The summed E-state index contributed by atoms with van der Waals surface area (Å²) in [7, 11) is -6.25. The Labute approximate surface area is 79.5 Å². The minimum atomic E-state index is -6.25. The summed E-state index contributed by atoms with van der Waals surface area (Å²) in [5, 5.41) is 8.47. The van der Waals surface area contributed by atoms with Crippen molar-refractivity contribution in [2.75, 3.05) is 6.26 Å². The number of aromatic carboxylic acids is 1. The second-order valence-corrected chi connectivity index (χ2v) is 5.90. The van der Waals surface area contributed by atoms with E-state index in [0.29, 0.717) is 0 Å². The van der Waals surface area contributed by atoms with Gasteiger partial charge < -0.3 is 5.11 Å². The average molecular weight is 226 g/mol. The molecular weight excluding hydrogens is 217 g/mol. The molecule has 0 amide bonds. The minimum absolute atomic E-state index is 0.144. The Balaban J connectivity index is 3.13. The summed E-state index contributed by atoms with van der Waals surface area (Å²) >= 11 is 0. The van der Waals surface area contributed by atoms with Gasteiger partial charge >= 0.3 is 5.97 Å². The molecule has 0 saturated carbocycles. The lowest BCUT2D eigenvalue weighted by molar-refractivity contribution is 0.0696. The van der Waals surface area contributed by atoms with E-state index in [1.165, 1.54) is 0 Å². The van der Waals surface area contributed by atoms with Gasteiger partial charge in [-0.3, -0.25) is 0 Å². The molecule has 6 heteroatoms. The fourth-order valence-electron chi connectivity index (χ4n) is 0.922. The van der Waals surface area contributed by atoms with Crippen molar-refractivity contribution in [2.24, 2.45) is 0 Å². The van der Waals surface area contributed by atoms with E-state index < -0.39 is 21.2 Å². The summed E-state index contributed by atoms with van der Waals surface area (Å²) in [6.45, 7) is 0. The second-order valence-electron chi connectivity index (χ2n) is 3.03. The Bertz CT molecular complexity index is 357. The van der Waals surface area contributed by atoms with Crippen molar-refractivity contribution in [1.82, 2.24) is 0 Å². The van der Waals surface area contributed by atoms with Gasteiger partial charge in [-0.25, -0.2) is 4.79 Å². The van der Waals surface area contributed by atoms with Gasteiger partial charge in [0.25, 0.3) is 0 Å². The number of rotatable bonds is 2. The minimum Gasteiger partial charge on any atom is -0.478 e. The molecule has 0 spiro atoms. The Kier molecular flexibility index (Phi) is 2.27. The van der Waals surface area contributed by atoms with E-state index in [1.54, 1.807) is 0 Å². The lowest BCUT2D eigenvalue weighted by Gasteiger charge is -2.33. The lowest BCUT2D eigenvalue weighted by atomic mass is 10.2. The van der Waals surface area contributed by atoms with Crippen LogP contribution in [0.15, 0.2) is 29.2 Å². The second kappa shape index (κ2) is 2.91. The number of carbonyl (C=O) groups is 1. The highest BCUT2D eigenvalue weighted by Crippen LogP contribution is 2.77. The van der Waals surface area contributed by atoms with Gasteiger partial charge in [-0.2, -0.15) is 11.7 Å². The predicted octanol–water partition coefficient (Wildman–Crippen LogP) is 3.10. The van der Waals surface area contributed by atoms with Crippen LogP contribution in [-0.4, -0.2) is 17.3 Å². The van der Waals surface area contributed by atoms with Crippen LogP contribution in [-0.2, 0) is 0 Å². The van der Waals surface area contributed by atoms with Crippen LogP contribution >= 0.6 is 10.3 Å². The van der Waals surface area contributed by atoms with Crippen LogP contribution in [0.3, 0.4) is 0 Å². The number of carboxylic acids is 1. The number of hydrogen-bond acceptors (Lipinski definition) is 1. The molecular formula is C8H9F3O2S. The van der Waals surface area contributed by atoms with Crippen molar-refractivity contribution in [1.29, 1.82) is 0 Å². The van der Waals surface area contributed by atoms with Crippen LogP contribution in [0, 0.1) is 0 Å². The summed E-state index contributed by atoms with van der Waals surface area (Å²) in [5.41, 5.74) is -0.144. The molecule has 0 saturated heterocycles. The smallest absolute Gasteiger partial charge is 0.335 e. The molecule has 1 rings (SSSR count). The molecule has 14 heavy (non-hydrogen) atoms. The van der Waals surface area contributed by atoms with E-state index in [2.05, 4.69) is 0 Å². The molecule has 0 heterocycles. The first kappa shape index (κ1) is 10.9. The maximum atomic E-state index is 12.8. The van der Waals surface area contributed by atoms with Crippen molar-refractivity contribution >= 4 is 16.3 Å². The molecule has 0 aliphatic carbocycles. The van der Waals surface area contributed by atoms with Gasteiger partial charge in [-0.05, 0) is 24.3 Å². The summed E-state index contributed by atoms with van der Waals surface area (Å²) in [5.74, 6) is -1.23. The average Bonchev–Trinajstić information content (AvgIpc) is 2.01. The molecule has 0 aliphatic rings. The van der Waals surface area contributed by atoms with Crippen LogP contribution in [0.1, 0.15) is 10.4 Å². The third-order valence-corrected chi connectivity index (χ3v) is 3.07. The highest BCUT2D eigenvalue weighted by molar-refractivity contribution is 8.37. The number of benzene rings is 1. The third-order valence-electron chi connectivity index (χ3n) is 1.67. The van der Waals surface area contributed by atoms with Gasteiger partial charge in [0.1, 0.15) is 0 Å². The highest BCUT2D eigenvalue weighted by Gasteiger charge is 2.34. The number of hydrogen-bond donors (Lipinski definition) is 2. The van der Waals surface area contributed by atoms with Gasteiger partial charge in [-0.15, -0.1) is 0 Å². The first-order valence-electron chi connectivity index (χ1n) is 3.68. The zero-order chi connectivity index (χ0) is 11.0. The molecule has 80 valence electrons. The summed E-state index contributed by atoms with van der Waals surface area (Å²) in [6, 6.07) is 3.53. The molecule has 2 nitrogen and oxygen atoms in total. The first-order chi connectivity index (χ1) is 6.17. The first-order valence-corrected chi connectivity index (χ1v) is 6.03. The number of thiol groups is 1. The van der Waals surface area contributed by atoms with Crippen molar-refractivity contribution in [3.05, 3.63) is 29.8 Å². The molecule has 0 aliphatic heterocycles. The molecule has 0 aromatic heterocycles. The molecule has 0 unspecified atom stereocenters. The zero-order valence-electron chi connectivity index (χ0n) is 7.25. The van der Waals surface area contributed by atoms with Crippen molar-refractivity contribution < 1.29 is 21.6 Å². The Morgan fingerprint density at radius 3 is 1.93 bits per heavy atom. The highest BCUT2D eigenvalue weighted by atomic mass is 32.4. The summed E-state index contributed by atoms with van der Waals surface area (Å²) in [6.07, 6.45) is 0.251. The largest absolute Gasteiger partial charge is 0.478 e. The normalized spacial score (nSPS) is 14.4. The van der Waals surface area contributed by atoms with E-state index >= 15 is 0 Å². The van der Waals surface area contributed by atoms with Gasteiger partial charge in [0, 0.05) is 11.2 Å². The van der Waals surface area contributed by atoms with Crippen molar-refractivity contribution in [3.63, 3.8) is 0 Å². The Hall–Kier alpha value is -1.17. The van der Waals surface area contributed by atoms with Crippen LogP contribution in [0.5, 0.6) is 0 Å². The van der Waals surface area contributed by atoms with E-state index in [0.717, 1.165) is 24.3 Å². The topological polar surface area (TPSA) is 37.3 Å². The van der Waals surface area contributed by atoms with E-state index in [1.807, 2.05) is 0 Å². The van der Waals surface area contributed by atoms with Gasteiger partial charge in [0.2, 0.25) is 0 Å². The fraction of sp³-hybridized carbons (Fsp3) is 0.125.